The number of hydrogen-bond acceptors (Lipinski definition) is 9. The Bertz CT molecular complexity index is 1320. The number of carbonyl (C=O) groups is 2. The zero-order chi connectivity index (χ0) is 32.9. The Morgan fingerprint density at radius 1 is 1.04 bits per heavy atom. The Labute approximate surface area is 275 Å². The molecular weight excluding hydrogens is 603 g/mol. The Hall–Kier alpha value is -2.43. The summed E-state index contributed by atoms with van der Waals surface area (Å²) in [7, 11) is 1.04. The van der Waals surface area contributed by atoms with E-state index in [1.807, 2.05) is 24.5 Å². The lowest BCUT2D eigenvalue weighted by Crippen LogP contribution is -2.64. The van der Waals surface area contributed by atoms with Crippen molar-refractivity contribution < 1.29 is 23.5 Å². The minimum absolute atomic E-state index is 0.0428. The Morgan fingerprint density at radius 2 is 1.71 bits per heavy atom. The second-order valence-corrected chi connectivity index (χ2v) is 19.9. The lowest BCUT2D eigenvalue weighted by molar-refractivity contribution is -0.121. The molecule has 0 N–H and O–H groups in total. The van der Waals surface area contributed by atoms with Crippen molar-refractivity contribution in [3.8, 4) is 11.5 Å². The van der Waals surface area contributed by atoms with Crippen LogP contribution in [0.2, 0.25) is 16.6 Å². The monoisotopic (exact) mass is 655 g/mol. The standard InChI is InChI=1S/C35H53N3O5SSi/c1-23(2)45(24(3)4,25(5)6)43-22-35(17-11-10-12-18-35)38-29(20-31(40)28-21-36-34(44-9)37-33(28)38)30(39)16-14-26-13-15-27(41-7)19-32(26)42-8/h13,15,19,21,23-25,29H,10-12,14,16-18,20,22H2,1-9H3. The zero-order valence-electron chi connectivity index (χ0n) is 28.8. The summed E-state index contributed by atoms with van der Waals surface area (Å²) in [5, 5.41) is 0.602. The van der Waals surface area contributed by atoms with Crippen molar-refractivity contribution >= 4 is 37.5 Å². The molecule has 0 amide bonds. The molecule has 248 valence electrons. The fraction of sp³-hybridized carbons (Fsp3) is 0.657. The molecule has 45 heavy (non-hydrogen) atoms. The van der Waals surface area contributed by atoms with E-state index in [9.17, 15) is 9.59 Å². The summed E-state index contributed by atoms with van der Waals surface area (Å²) in [6.45, 7) is 14.4. The molecule has 0 spiro atoms. The van der Waals surface area contributed by atoms with Gasteiger partial charge in [-0.3, -0.25) is 9.59 Å². The number of rotatable bonds is 14. The van der Waals surface area contributed by atoms with Gasteiger partial charge in [-0.2, -0.15) is 0 Å². The molecule has 0 radical (unpaired) electrons. The number of aromatic nitrogens is 2. The molecule has 1 atom stereocenters. The van der Waals surface area contributed by atoms with E-state index in [2.05, 4.69) is 51.4 Å². The van der Waals surface area contributed by atoms with Gasteiger partial charge in [0.25, 0.3) is 0 Å². The van der Waals surface area contributed by atoms with Crippen LogP contribution in [0.3, 0.4) is 0 Å². The largest absolute Gasteiger partial charge is 0.497 e. The zero-order valence-corrected chi connectivity index (χ0v) is 30.6. The van der Waals surface area contributed by atoms with Crippen LogP contribution < -0.4 is 14.4 Å². The fourth-order valence-corrected chi connectivity index (χ4v) is 13.9. The van der Waals surface area contributed by atoms with Crippen LogP contribution in [-0.2, 0) is 15.6 Å². The van der Waals surface area contributed by atoms with Crippen LogP contribution in [0.1, 0.15) is 102 Å². The van der Waals surface area contributed by atoms with Crippen LogP contribution in [0.15, 0.2) is 29.6 Å². The first-order valence-corrected chi connectivity index (χ1v) is 19.9. The van der Waals surface area contributed by atoms with Crippen LogP contribution in [0.4, 0.5) is 5.82 Å². The molecule has 8 nitrogen and oxygen atoms in total. The number of methoxy groups -OCH3 is 2. The number of benzene rings is 1. The quantitative estimate of drug-likeness (QED) is 0.114. The Balaban J connectivity index is 1.78. The summed E-state index contributed by atoms with van der Waals surface area (Å²) < 4.78 is 18.3. The van der Waals surface area contributed by atoms with Gasteiger partial charge in [0.1, 0.15) is 17.3 Å². The molecule has 4 rings (SSSR count). The maximum absolute atomic E-state index is 14.4. The molecule has 2 heterocycles. The molecule has 1 aliphatic carbocycles. The van der Waals surface area contributed by atoms with Gasteiger partial charge in [-0.25, -0.2) is 9.97 Å². The van der Waals surface area contributed by atoms with Crippen LogP contribution in [-0.4, -0.2) is 68.5 Å². The highest BCUT2D eigenvalue weighted by molar-refractivity contribution is 7.98. The second kappa shape index (κ2) is 15.0. The topological polar surface area (TPSA) is 90.9 Å². The first-order valence-electron chi connectivity index (χ1n) is 16.5. The molecule has 1 unspecified atom stereocenters. The molecule has 1 aliphatic heterocycles. The highest BCUT2D eigenvalue weighted by atomic mass is 32.2. The predicted molar refractivity (Wildman–Crippen MR) is 185 cm³/mol. The maximum Gasteiger partial charge on any atom is 0.200 e. The van der Waals surface area contributed by atoms with Crippen molar-refractivity contribution in [2.45, 2.75) is 126 Å². The first-order chi connectivity index (χ1) is 21.4. The number of ether oxygens (including phenoxy) is 2. The number of Topliss-reactive ketones (excluding diaryl/α,β-unsaturated/α-hetero) is 2. The third-order valence-electron chi connectivity index (χ3n) is 10.2. The third kappa shape index (κ3) is 7.13. The summed E-state index contributed by atoms with van der Waals surface area (Å²) in [5.74, 6) is 1.96. The van der Waals surface area contributed by atoms with Crippen molar-refractivity contribution in [3.63, 3.8) is 0 Å². The summed E-state index contributed by atoms with van der Waals surface area (Å²) in [5.41, 5.74) is 2.33. The van der Waals surface area contributed by atoms with E-state index in [0.717, 1.165) is 37.7 Å². The van der Waals surface area contributed by atoms with E-state index < -0.39 is 19.9 Å². The lowest BCUT2D eigenvalue weighted by Gasteiger charge is -2.54. The number of nitrogens with zero attached hydrogens (tertiary/aromatic N) is 3. The summed E-state index contributed by atoms with van der Waals surface area (Å²) in [6, 6.07) is 5.06. The number of anilines is 1. The van der Waals surface area contributed by atoms with E-state index in [0.29, 0.717) is 57.7 Å². The van der Waals surface area contributed by atoms with Crippen molar-refractivity contribution in [2.75, 3.05) is 32.0 Å². The molecule has 1 aromatic carbocycles. The number of fused-ring (bicyclic) bond motifs is 1. The van der Waals surface area contributed by atoms with Crippen LogP contribution >= 0.6 is 11.8 Å². The van der Waals surface area contributed by atoms with Crippen LogP contribution in [0.25, 0.3) is 0 Å². The Kier molecular flexibility index (Phi) is 11.8. The number of thioether (sulfide) groups is 1. The molecule has 2 aromatic rings. The van der Waals surface area contributed by atoms with E-state index in [1.54, 1.807) is 20.4 Å². The van der Waals surface area contributed by atoms with Gasteiger partial charge in [-0.1, -0.05) is 78.6 Å². The minimum atomic E-state index is -2.21. The van der Waals surface area contributed by atoms with Crippen LogP contribution in [0, 0.1) is 0 Å². The highest BCUT2D eigenvalue weighted by Gasteiger charge is 2.52. The minimum Gasteiger partial charge on any atom is -0.497 e. The smallest absolute Gasteiger partial charge is 0.200 e. The molecule has 0 bridgehead atoms. The predicted octanol–water partition coefficient (Wildman–Crippen LogP) is 8.07. The average Bonchev–Trinajstić information content (AvgIpc) is 3.03. The van der Waals surface area contributed by atoms with E-state index >= 15 is 0 Å². The summed E-state index contributed by atoms with van der Waals surface area (Å²) in [4.78, 5) is 39.7. The van der Waals surface area contributed by atoms with E-state index in [-0.39, 0.29) is 24.4 Å². The van der Waals surface area contributed by atoms with Gasteiger partial charge >= 0.3 is 0 Å². The number of ketones is 2. The van der Waals surface area contributed by atoms with Crippen molar-refractivity contribution in [1.82, 2.24) is 9.97 Å². The van der Waals surface area contributed by atoms with E-state index in [4.69, 9.17) is 18.9 Å². The molecule has 2 aliphatic rings. The van der Waals surface area contributed by atoms with Gasteiger partial charge in [0.2, 0.25) is 0 Å². The van der Waals surface area contributed by atoms with Gasteiger partial charge in [0, 0.05) is 25.1 Å². The SMILES string of the molecule is COc1ccc(CCC(=O)C2CC(=O)c3cnc(SC)nc3N2C2(CO[Si](C(C)C)(C(C)C)C(C)C)CCCCC2)c(OC)c1. The number of aryl methyl sites for hydroxylation is 1. The summed E-state index contributed by atoms with van der Waals surface area (Å²) >= 11 is 1.45. The van der Waals surface area contributed by atoms with Gasteiger partial charge < -0.3 is 18.8 Å². The van der Waals surface area contributed by atoms with Crippen LogP contribution in [0.5, 0.6) is 11.5 Å². The number of hydrogen-bond donors (Lipinski definition) is 0. The molecule has 1 fully saturated rings. The number of carbonyl (C=O) groups excluding carboxylic acids is 2. The molecule has 10 heteroatoms. The average molecular weight is 656 g/mol. The lowest BCUT2D eigenvalue weighted by atomic mass is 9.77. The van der Waals surface area contributed by atoms with E-state index in [1.165, 1.54) is 11.8 Å². The Morgan fingerprint density at radius 3 is 2.29 bits per heavy atom. The fourth-order valence-electron chi connectivity index (χ4n) is 8.08. The second-order valence-electron chi connectivity index (χ2n) is 13.6. The third-order valence-corrected chi connectivity index (χ3v) is 16.9. The van der Waals surface area contributed by atoms with Gasteiger partial charge in [0.05, 0.1) is 38.0 Å². The first kappa shape index (κ1) is 35.4. The maximum atomic E-state index is 14.4. The van der Waals surface area contributed by atoms with Crippen molar-refractivity contribution in [1.29, 1.82) is 0 Å². The van der Waals surface area contributed by atoms with Gasteiger partial charge in [-0.05, 0) is 53.8 Å². The van der Waals surface area contributed by atoms with Gasteiger partial charge in [-0.15, -0.1) is 0 Å². The highest BCUT2D eigenvalue weighted by Crippen LogP contribution is 2.47. The molecule has 0 saturated heterocycles. The molecular formula is C35H53N3O5SSi. The van der Waals surface area contributed by atoms with Crippen molar-refractivity contribution in [3.05, 3.63) is 35.5 Å². The molecule has 1 aromatic heterocycles. The molecule has 1 saturated carbocycles. The van der Waals surface area contributed by atoms with Gasteiger partial charge in [0.15, 0.2) is 25.0 Å². The normalized spacial score (nSPS) is 18.4. The van der Waals surface area contributed by atoms with Crippen molar-refractivity contribution in [2.24, 2.45) is 0 Å². The summed E-state index contributed by atoms with van der Waals surface area (Å²) in [6.07, 6.45) is 9.56.